The van der Waals surface area contributed by atoms with E-state index in [-0.39, 0.29) is 5.84 Å². The van der Waals surface area contributed by atoms with Gasteiger partial charge in [-0.15, -0.1) is 0 Å². The second-order valence-corrected chi connectivity index (χ2v) is 5.69. The monoisotopic (exact) mass is 301 g/mol. The SMILES string of the molecule is CC(C)N(Cc1ccccc1)c1ccc(C(=N)N)c(Cl)c1. The third kappa shape index (κ3) is 3.76. The van der Waals surface area contributed by atoms with Gasteiger partial charge >= 0.3 is 0 Å². The number of amidine groups is 1. The van der Waals surface area contributed by atoms with Gasteiger partial charge in [0.25, 0.3) is 0 Å². The molecule has 3 N–H and O–H groups in total. The van der Waals surface area contributed by atoms with Gasteiger partial charge in [-0.25, -0.2) is 0 Å². The van der Waals surface area contributed by atoms with Crippen molar-refractivity contribution in [1.82, 2.24) is 0 Å². The Morgan fingerprint density at radius 2 is 1.86 bits per heavy atom. The zero-order chi connectivity index (χ0) is 15.4. The number of hydrogen-bond acceptors (Lipinski definition) is 2. The van der Waals surface area contributed by atoms with Crippen molar-refractivity contribution in [1.29, 1.82) is 5.41 Å². The molecule has 0 bridgehead atoms. The van der Waals surface area contributed by atoms with E-state index in [1.54, 1.807) is 6.07 Å². The van der Waals surface area contributed by atoms with Gasteiger partial charge in [0.05, 0.1) is 5.02 Å². The highest BCUT2D eigenvalue weighted by Gasteiger charge is 2.13. The molecule has 0 aliphatic rings. The molecule has 0 heterocycles. The summed E-state index contributed by atoms with van der Waals surface area (Å²) >= 11 is 6.23. The fourth-order valence-corrected chi connectivity index (χ4v) is 2.53. The van der Waals surface area contributed by atoms with Gasteiger partial charge in [-0.05, 0) is 37.6 Å². The lowest BCUT2D eigenvalue weighted by molar-refractivity contribution is 0.682. The lowest BCUT2D eigenvalue weighted by atomic mass is 10.1. The van der Waals surface area contributed by atoms with E-state index < -0.39 is 0 Å². The molecule has 2 rings (SSSR count). The number of nitrogens with two attached hydrogens (primary N) is 1. The van der Waals surface area contributed by atoms with E-state index in [2.05, 4.69) is 30.9 Å². The largest absolute Gasteiger partial charge is 0.384 e. The number of nitrogens with zero attached hydrogens (tertiary/aromatic N) is 1. The van der Waals surface area contributed by atoms with Gasteiger partial charge in [0, 0.05) is 23.8 Å². The van der Waals surface area contributed by atoms with Crippen LogP contribution in [0.3, 0.4) is 0 Å². The molecule has 0 saturated carbocycles. The van der Waals surface area contributed by atoms with Crippen molar-refractivity contribution >= 4 is 23.1 Å². The fourth-order valence-electron chi connectivity index (χ4n) is 2.25. The lowest BCUT2D eigenvalue weighted by Crippen LogP contribution is -2.30. The maximum absolute atomic E-state index is 7.50. The van der Waals surface area contributed by atoms with Gasteiger partial charge in [0.1, 0.15) is 5.84 Å². The standard InChI is InChI=1S/C17H20ClN3/c1-12(2)21(11-13-6-4-3-5-7-13)14-8-9-15(17(19)20)16(18)10-14/h3-10,12H,11H2,1-2H3,(H3,19,20). The van der Waals surface area contributed by atoms with Crippen LogP contribution >= 0.6 is 11.6 Å². The van der Waals surface area contributed by atoms with E-state index in [0.29, 0.717) is 16.6 Å². The molecule has 0 atom stereocenters. The summed E-state index contributed by atoms with van der Waals surface area (Å²) in [4.78, 5) is 2.27. The minimum atomic E-state index is -0.00861. The smallest absolute Gasteiger partial charge is 0.124 e. The summed E-state index contributed by atoms with van der Waals surface area (Å²) < 4.78 is 0. The lowest BCUT2D eigenvalue weighted by Gasteiger charge is -2.29. The zero-order valence-corrected chi connectivity index (χ0v) is 13.1. The number of benzene rings is 2. The molecule has 0 spiro atoms. The zero-order valence-electron chi connectivity index (χ0n) is 12.3. The maximum atomic E-state index is 7.50. The summed E-state index contributed by atoms with van der Waals surface area (Å²) in [7, 11) is 0. The predicted octanol–water partition coefficient (Wildman–Crippen LogP) is 4.04. The molecule has 4 heteroatoms. The van der Waals surface area contributed by atoms with E-state index in [1.807, 2.05) is 30.3 Å². The molecule has 110 valence electrons. The van der Waals surface area contributed by atoms with Crippen molar-refractivity contribution in [2.45, 2.75) is 26.4 Å². The number of rotatable bonds is 5. The number of nitrogens with one attached hydrogen (secondary N) is 1. The van der Waals surface area contributed by atoms with E-state index in [9.17, 15) is 0 Å². The number of hydrogen-bond donors (Lipinski definition) is 2. The predicted molar refractivity (Wildman–Crippen MR) is 90.2 cm³/mol. The molecule has 2 aromatic carbocycles. The fraction of sp³-hybridized carbons (Fsp3) is 0.235. The van der Waals surface area contributed by atoms with Crippen LogP contribution in [0.4, 0.5) is 5.69 Å². The first-order valence-electron chi connectivity index (χ1n) is 6.93. The summed E-state index contributed by atoms with van der Waals surface area (Å²) in [5.74, 6) is -0.00861. The van der Waals surface area contributed by atoms with Crippen molar-refractivity contribution in [3.05, 3.63) is 64.7 Å². The molecule has 0 radical (unpaired) electrons. The van der Waals surface area contributed by atoms with Crippen LogP contribution in [0.1, 0.15) is 25.0 Å². The Morgan fingerprint density at radius 1 is 1.19 bits per heavy atom. The molecule has 3 nitrogen and oxygen atoms in total. The second-order valence-electron chi connectivity index (χ2n) is 5.29. The van der Waals surface area contributed by atoms with Crippen LogP contribution in [0.2, 0.25) is 5.02 Å². The van der Waals surface area contributed by atoms with Crippen LogP contribution in [-0.2, 0) is 6.54 Å². The van der Waals surface area contributed by atoms with E-state index in [1.165, 1.54) is 5.56 Å². The Bertz CT molecular complexity index is 623. The van der Waals surface area contributed by atoms with Crippen LogP contribution < -0.4 is 10.6 Å². The maximum Gasteiger partial charge on any atom is 0.124 e. The number of nitrogen functional groups attached to an aromatic ring is 1. The van der Waals surface area contributed by atoms with Crippen molar-refractivity contribution in [3.63, 3.8) is 0 Å². The van der Waals surface area contributed by atoms with Crippen LogP contribution in [0.25, 0.3) is 0 Å². The van der Waals surface area contributed by atoms with Crippen molar-refractivity contribution < 1.29 is 0 Å². The minimum Gasteiger partial charge on any atom is -0.384 e. The Kier molecular flexibility index (Phi) is 4.86. The normalized spacial score (nSPS) is 10.7. The van der Waals surface area contributed by atoms with Crippen LogP contribution in [0.5, 0.6) is 0 Å². The molecule has 0 aromatic heterocycles. The van der Waals surface area contributed by atoms with Crippen molar-refractivity contribution in [2.24, 2.45) is 5.73 Å². The highest BCUT2D eigenvalue weighted by Crippen LogP contribution is 2.26. The summed E-state index contributed by atoms with van der Waals surface area (Å²) in [6.07, 6.45) is 0. The number of anilines is 1. The Labute approximate surface area is 130 Å². The van der Waals surface area contributed by atoms with Gasteiger partial charge in [-0.3, -0.25) is 5.41 Å². The van der Waals surface area contributed by atoms with Crippen molar-refractivity contribution in [2.75, 3.05) is 4.90 Å². The molecule has 0 unspecified atom stereocenters. The molecular formula is C17H20ClN3. The van der Waals surface area contributed by atoms with Gasteiger partial charge in [-0.2, -0.15) is 0 Å². The van der Waals surface area contributed by atoms with Gasteiger partial charge in [0.15, 0.2) is 0 Å². The van der Waals surface area contributed by atoms with Gasteiger partial charge in [-0.1, -0.05) is 41.9 Å². The second kappa shape index (κ2) is 6.64. The third-order valence-electron chi connectivity index (χ3n) is 3.39. The molecule has 0 aliphatic carbocycles. The van der Waals surface area contributed by atoms with E-state index in [0.717, 1.165) is 12.2 Å². The Morgan fingerprint density at radius 3 is 2.38 bits per heavy atom. The van der Waals surface area contributed by atoms with E-state index in [4.69, 9.17) is 22.7 Å². The number of halogens is 1. The van der Waals surface area contributed by atoms with Crippen molar-refractivity contribution in [3.8, 4) is 0 Å². The molecule has 0 fully saturated rings. The summed E-state index contributed by atoms with van der Waals surface area (Å²) in [6.45, 7) is 5.11. The van der Waals surface area contributed by atoms with Gasteiger partial charge < -0.3 is 10.6 Å². The van der Waals surface area contributed by atoms with Crippen LogP contribution in [-0.4, -0.2) is 11.9 Å². The average molecular weight is 302 g/mol. The van der Waals surface area contributed by atoms with Crippen LogP contribution in [0, 0.1) is 5.41 Å². The third-order valence-corrected chi connectivity index (χ3v) is 3.71. The van der Waals surface area contributed by atoms with Crippen LogP contribution in [0.15, 0.2) is 48.5 Å². The molecule has 2 aromatic rings. The summed E-state index contributed by atoms with van der Waals surface area (Å²) in [6, 6.07) is 16.3. The first-order chi connectivity index (χ1) is 9.99. The molecule has 21 heavy (non-hydrogen) atoms. The quantitative estimate of drug-likeness (QED) is 0.647. The summed E-state index contributed by atoms with van der Waals surface area (Å²) in [5, 5.41) is 8.01. The minimum absolute atomic E-state index is 0.00861. The Balaban J connectivity index is 2.31. The molecule has 0 saturated heterocycles. The topological polar surface area (TPSA) is 53.1 Å². The average Bonchev–Trinajstić information content (AvgIpc) is 2.45. The highest BCUT2D eigenvalue weighted by atomic mass is 35.5. The van der Waals surface area contributed by atoms with Gasteiger partial charge in [0.2, 0.25) is 0 Å². The first kappa shape index (κ1) is 15.4. The molecular weight excluding hydrogens is 282 g/mol. The first-order valence-corrected chi connectivity index (χ1v) is 7.31. The molecule has 0 aliphatic heterocycles. The van der Waals surface area contributed by atoms with E-state index >= 15 is 0 Å². The summed E-state index contributed by atoms with van der Waals surface area (Å²) in [5.41, 5.74) is 8.36. The highest BCUT2D eigenvalue weighted by molar-refractivity contribution is 6.34. The molecule has 0 amide bonds. The Hall–Kier alpha value is -2.00.